The molecule has 0 radical (unpaired) electrons. The first kappa shape index (κ1) is 16.8. The van der Waals surface area contributed by atoms with Crippen molar-refractivity contribution in [2.24, 2.45) is 5.92 Å². The van der Waals surface area contributed by atoms with E-state index in [4.69, 9.17) is 16.9 Å². The molecule has 3 aromatic rings. The highest BCUT2D eigenvalue weighted by atomic mass is 19.1. The number of hydrogen-bond donors (Lipinski definition) is 4. The molecule has 1 amide bonds. The number of aromatic nitrogens is 3. The molecule has 1 aliphatic carbocycles. The highest BCUT2D eigenvalue weighted by Gasteiger charge is 2.43. The Morgan fingerprint density at radius 1 is 1.26 bits per heavy atom. The van der Waals surface area contributed by atoms with Gasteiger partial charge in [0.15, 0.2) is 0 Å². The van der Waals surface area contributed by atoms with Crippen LogP contribution in [0.3, 0.4) is 0 Å². The lowest BCUT2D eigenvalue weighted by atomic mass is 10.0. The number of nitrogen functional groups attached to an aromatic ring is 2. The summed E-state index contributed by atoms with van der Waals surface area (Å²) in [7, 11) is 0. The molecular formula is C18H16FN7O. The molecule has 3 aromatic heterocycles. The van der Waals surface area contributed by atoms with Crippen LogP contribution in [0.2, 0.25) is 0 Å². The van der Waals surface area contributed by atoms with Gasteiger partial charge in [-0.3, -0.25) is 4.79 Å². The molecule has 3 heterocycles. The molecule has 0 aliphatic heterocycles. The maximum Gasteiger partial charge on any atom is 0.231 e. The largest absolute Gasteiger partial charge is 0.384 e. The summed E-state index contributed by atoms with van der Waals surface area (Å²) in [5.74, 6) is -0.119. The zero-order valence-corrected chi connectivity index (χ0v) is 14.1. The number of pyridine rings is 3. The van der Waals surface area contributed by atoms with E-state index in [1.807, 2.05) is 0 Å². The van der Waals surface area contributed by atoms with E-state index in [0.717, 1.165) is 6.21 Å². The van der Waals surface area contributed by atoms with Crippen molar-refractivity contribution in [1.29, 1.82) is 5.41 Å². The number of nitrogens with two attached hydrogens (primary N) is 2. The molecule has 0 saturated heterocycles. The molecule has 6 N–H and O–H groups in total. The Labute approximate surface area is 153 Å². The third-order valence-electron chi connectivity index (χ3n) is 4.43. The molecule has 27 heavy (non-hydrogen) atoms. The maximum absolute atomic E-state index is 13.0. The molecule has 4 rings (SSSR count). The molecule has 1 saturated carbocycles. The van der Waals surface area contributed by atoms with Crippen molar-refractivity contribution >= 4 is 40.3 Å². The minimum atomic E-state index is -1.07. The van der Waals surface area contributed by atoms with Crippen LogP contribution in [0.4, 0.5) is 21.8 Å². The number of carbonyl (C=O) groups excluding carboxylic acids is 1. The number of nitrogens with zero attached hydrogens (tertiary/aromatic N) is 3. The van der Waals surface area contributed by atoms with Gasteiger partial charge in [0, 0.05) is 35.1 Å². The smallest absolute Gasteiger partial charge is 0.231 e. The predicted octanol–water partition coefficient (Wildman–Crippen LogP) is 2.15. The van der Waals surface area contributed by atoms with Crippen LogP contribution in [0.5, 0.6) is 0 Å². The molecule has 2 atom stereocenters. The molecule has 0 unspecified atom stereocenters. The fourth-order valence-electron chi connectivity index (χ4n) is 2.86. The molecular weight excluding hydrogens is 349 g/mol. The summed E-state index contributed by atoms with van der Waals surface area (Å²) in [5.41, 5.74) is 13.4. The van der Waals surface area contributed by atoms with Crippen LogP contribution in [-0.2, 0) is 4.79 Å². The van der Waals surface area contributed by atoms with Crippen molar-refractivity contribution in [2.45, 2.75) is 12.6 Å². The Balaban J connectivity index is 1.75. The first-order chi connectivity index (χ1) is 13.0. The Morgan fingerprint density at radius 3 is 2.74 bits per heavy atom. The third kappa shape index (κ3) is 3.14. The number of hydrogen-bond acceptors (Lipinski definition) is 7. The van der Waals surface area contributed by atoms with Crippen molar-refractivity contribution in [1.82, 2.24) is 15.0 Å². The van der Waals surface area contributed by atoms with E-state index in [2.05, 4.69) is 20.3 Å². The molecule has 8 nitrogen and oxygen atoms in total. The number of anilines is 3. The Kier molecular flexibility index (Phi) is 3.91. The Bertz CT molecular complexity index is 1080. The summed E-state index contributed by atoms with van der Waals surface area (Å²) < 4.78 is 13.0. The zero-order chi connectivity index (χ0) is 19.1. The van der Waals surface area contributed by atoms with Crippen molar-refractivity contribution in [3.63, 3.8) is 0 Å². The fraction of sp³-hybridized carbons (Fsp3) is 0.167. The number of alkyl halides is 1. The van der Waals surface area contributed by atoms with E-state index in [0.29, 0.717) is 39.2 Å². The van der Waals surface area contributed by atoms with Gasteiger partial charge in [-0.05, 0) is 30.0 Å². The van der Waals surface area contributed by atoms with Crippen molar-refractivity contribution < 1.29 is 9.18 Å². The van der Waals surface area contributed by atoms with Crippen LogP contribution in [-0.4, -0.2) is 33.2 Å². The van der Waals surface area contributed by atoms with Gasteiger partial charge in [0.1, 0.15) is 23.6 Å². The second-order valence-corrected chi connectivity index (χ2v) is 6.37. The van der Waals surface area contributed by atoms with Crippen molar-refractivity contribution in [3.05, 3.63) is 36.2 Å². The fourth-order valence-corrected chi connectivity index (χ4v) is 2.86. The lowest BCUT2D eigenvalue weighted by molar-refractivity contribution is -0.117. The SMILES string of the molecule is N=Cc1cc(N)ncc1-c1cc2cc(NC(=O)[C@@H]3C[C@@H]3F)ncc2c(N)n1. The summed E-state index contributed by atoms with van der Waals surface area (Å²) in [5, 5.41) is 11.5. The quantitative estimate of drug-likeness (QED) is 0.522. The Hall–Kier alpha value is -3.62. The van der Waals surface area contributed by atoms with Gasteiger partial charge in [-0.25, -0.2) is 19.3 Å². The number of carbonyl (C=O) groups is 1. The lowest BCUT2D eigenvalue weighted by Gasteiger charge is -2.10. The van der Waals surface area contributed by atoms with Gasteiger partial charge in [-0.2, -0.15) is 0 Å². The first-order valence-corrected chi connectivity index (χ1v) is 8.24. The topological polar surface area (TPSA) is 144 Å². The maximum atomic E-state index is 13.0. The van der Waals surface area contributed by atoms with Gasteiger partial charge < -0.3 is 22.2 Å². The number of rotatable bonds is 4. The molecule has 0 aromatic carbocycles. The summed E-state index contributed by atoms with van der Waals surface area (Å²) in [6, 6.07) is 4.99. The van der Waals surface area contributed by atoms with E-state index in [-0.39, 0.29) is 18.1 Å². The molecule has 136 valence electrons. The first-order valence-electron chi connectivity index (χ1n) is 8.24. The van der Waals surface area contributed by atoms with Gasteiger partial charge >= 0.3 is 0 Å². The molecule has 0 bridgehead atoms. The van der Waals surface area contributed by atoms with Crippen LogP contribution in [0, 0.1) is 11.3 Å². The average molecular weight is 365 g/mol. The molecule has 0 spiro atoms. The predicted molar refractivity (Wildman–Crippen MR) is 101 cm³/mol. The van der Waals surface area contributed by atoms with Gasteiger partial charge in [-0.1, -0.05) is 0 Å². The standard InChI is InChI=1S/C18H16FN7O/c19-13-4-10(13)18(27)26-16-3-8-1-14(25-17(22)12(8)7-24-16)11-6-23-15(21)2-9(11)5-20/h1-3,5-7,10,13,20H,4H2,(H2,21,23)(H2,22,25)(H,24,26,27)/t10-,13+/m1/s1. The van der Waals surface area contributed by atoms with E-state index < -0.39 is 12.1 Å². The summed E-state index contributed by atoms with van der Waals surface area (Å²) in [6.07, 6.45) is 3.37. The van der Waals surface area contributed by atoms with Crippen LogP contribution in [0.15, 0.2) is 30.6 Å². The van der Waals surface area contributed by atoms with Crippen LogP contribution in [0.1, 0.15) is 12.0 Å². The van der Waals surface area contributed by atoms with E-state index >= 15 is 0 Å². The van der Waals surface area contributed by atoms with Gasteiger partial charge in [0.2, 0.25) is 5.91 Å². The zero-order valence-electron chi connectivity index (χ0n) is 14.1. The monoisotopic (exact) mass is 365 g/mol. The van der Waals surface area contributed by atoms with E-state index in [1.54, 1.807) is 18.2 Å². The number of halogens is 1. The van der Waals surface area contributed by atoms with Gasteiger partial charge in [-0.15, -0.1) is 0 Å². The van der Waals surface area contributed by atoms with Gasteiger partial charge in [0.05, 0.1) is 11.6 Å². The second-order valence-electron chi connectivity index (χ2n) is 6.37. The highest BCUT2D eigenvalue weighted by Crippen LogP contribution is 2.35. The molecule has 9 heteroatoms. The van der Waals surface area contributed by atoms with Crippen molar-refractivity contribution in [2.75, 3.05) is 16.8 Å². The normalized spacial score (nSPS) is 18.3. The Morgan fingerprint density at radius 2 is 2.04 bits per heavy atom. The minimum absolute atomic E-state index is 0.247. The third-order valence-corrected chi connectivity index (χ3v) is 4.43. The second kappa shape index (κ2) is 6.27. The summed E-state index contributed by atoms with van der Waals surface area (Å²) >= 11 is 0. The molecule has 1 aliphatic rings. The van der Waals surface area contributed by atoms with Crippen LogP contribution in [0.25, 0.3) is 22.0 Å². The average Bonchev–Trinajstić information content (AvgIpc) is 3.38. The minimum Gasteiger partial charge on any atom is -0.384 e. The summed E-state index contributed by atoms with van der Waals surface area (Å²) in [6.45, 7) is 0. The highest BCUT2D eigenvalue weighted by molar-refractivity contribution is 5.99. The van der Waals surface area contributed by atoms with E-state index in [9.17, 15) is 9.18 Å². The number of nitrogens with one attached hydrogen (secondary N) is 2. The molecule has 1 fully saturated rings. The number of amides is 1. The van der Waals surface area contributed by atoms with Crippen LogP contribution < -0.4 is 16.8 Å². The lowest BCUT2D eigenvalue weighted by Crippen LogP contribution is -2.15. The summed E-state index contributed by atoms with van der Waals surface area (Å²) in [4.78, 5) is 24.5. The van der Waals surface area contributed by atoms with Gasteiger partial charge in [0.25, 0.3) is 0 Å². The van der Waals surface area contributed by atoms with E-state index in [1.165, 1.54) is 12.4 Å². The van der Waals surface area contributed by atoms with Crippen molar-refractivity contribution in [3.8, 4) is 11.3 Å². The van der Waals surface area contributed by atoms with Crippen LogP contribution >= 0.6 is 0 Å². The number of fused-ring (bicyclic) bond motifs is 1.